The smallest absolute Gasteiger partial charge is 0.123 e. The number of rotatable bonds is 9. The zero-order valence-corrected chi connectivity index (χ0v) is 15.1. The predicted molar refractivity (Wildman–Crippen MR) is 107 cm³/mol. The zero-order chi connectivity index (χ0) is 17.5. The monoisotopic (exact) mass is 336 g/mol. The van der Waals surface area contributed by atoms with E-state index >= 15 is 0 Å². The van der Waals surface area contributed by atoms with Crippen LogP contribution < -0.4 is 4.74 Å². The second-order valence-corrected chi connectivity index (χ2v) is 6.79. The number of hydrogen-bond acceptors (Lipinski definition) is 2. The number of benzene rings is 3. The molecular formula is C23H28O2. The Kier molecular flexibility index (Phi) is 6.16. The van der Waals surface area contributed by atoms with Gasteiger partial charge in [0, 0.05) is 5.39 Å². The third-order valence-corrected chi connectivity index (χ3v) is 4.84. The molecule has 0 heterocycles. The van der Waals surface area contributed by atoms with E-state index in [1.807, 2.05) is 18.2 Å². The third-order valence-electron chi connectivity index (χ3n) is 4.84. The van der Waals surface area contributed by atoms with Crippen molar-refractivity contribution in [1.29, 1.82) is 0 Å². The van der Waals surface area contributed by atoms with Crippen LogP contribution >= 0.6 is 0 Å². The largest absolute Gasteiger partial charge is 0.507 e. The van der Waals surface area contributed by atoms with Crippen molar-refractivity contribution in [3.63, 3.8) is 0 Å². The summed E-state index contributed by atoms with van der Waals surface area (Å²) in [5.74, 6) is 1.26. The highest BCUT2D eigenvalue weighted by molar-refractivity contribution is 6.09. The van der Waals surface area contributed by atoms with Gasteiger partial charge in [-0.2, -0.15) is 0 Å². The van der Waals surface area contributed by atoms with Gasteiger partial charge in [-0.05, 0) is 40.8 Å². The van der Waals surface area contributed by atoms with E-state index in [-0.39, 0.29) is 0 Å². The molecule has 0 aliphatic heterocycles. The van der Waals surface area contributed by atoms with Crippen LogP contribution in [0.4, 0.5) is 0 Å². The second-order valence-electron chi connectivity index (χ2n) is 6.79. The molecule has 0 bridgehead atoms. The Morgan fingerprint density at radius 2 is 1.52 bits per heavy atom. The van der Waals surface area contributed by atoms with Gasteiger partial charge in [0.1, 0.15) is 11.5 Å². The first-order chi connectivity index (χ1) is 12.3. The summed E-state index contributed by atoms with van der Waals surface area (Å²) >= 11 is 0. The molecular weight excluding hydrogens is 308 g/mol. The van der Waals surface area contributed by atoms with E-state index in [9.17, 15) is 5.11 Å². The highest BCUT2D eigenvalue weighted by Gasteiger charge is 2.05. The van der Waals surface area contributed by atoms with Crippen molar-refractivity contribution in [3.8, 4) is 11.5 Å². The lowest BCUT2D eigenvalue weighted by Gasteiger charge is -2.09. The van der Waals surface area contributed by atoms with Crippen LogP contribution in [0.25, 0.3) is 21.5 Å². The van der Waals surface area contributed by atoms with Crippen LogP contribution in [0.15, 0.2) is 48.5 Å². The van der Waals surface area contributed by atoms with E-state index in [0.29, 0.717) is 5.75 Å². The van der Waals surface area contributed by atoms with Crippen molar-refractivity contribution in [2.45, 2.75) is 51.9 Å². The minimum atomic E-state index is 0.332. The van der Waals surface area contributed by atoms with Gasteiger partial charge in [-0.3, -0.25) is 0 Å². The van der Waals surface area contributed by atoms with E-state index in [0.717, 1.165) is 40.3 Å². The maximum Gasteiger partial charge on any atom is 0.123 e. The van der Waals surface area contributed by atoms with E-state index in [2.05, 4.69) is 31.2 Å². The van der Waals surface area contributed by atoms with E-state index in [1.54, 1.807) is 6.07 Å². The van der Waals surface area contributed by atoms with Crippen LogP contribution in [0.1, 0.15) is 51.9 Å². The third kappa shape index (κ3) is 4.45. The summed E-state index contributed by atoms with van der Waals surface area (Å²) < 4.78 is 5.93. The Bertz CT molecular complexity index is 823. The average molecular weight is 336 g/mol. The van der Waals surface area contributed by atoms with Gasteiger partial charge in [-0.1, -0.05) is 75.8 Å². The fourth-order valence-corrected chi connectivity index (χ4v) is 3.40. The molecule has 0 atom stereocenters. The van der Waals surface area contributed by atoms with Gasteiger partial charge in [-0.15, -0.1) is 0 Å². The molecule has 3 rings (SSSR count). The quantitative estimate of drug-likeness (QED) is 0.343. The van der Waals surface area contributed by atoms with Gasteiger partial charge in [-0.25, -0.2) is 0 Å². The fraction of sp³-hybridized carbons (Fsp3) is 0.391. The summed E-state index contributed by atoms with van der Waals surface area (Å²) in [4.78, 5) is 0. The van der Waals surface area contributed by atoms with Crippen molar-refractivity contribution < 1.29 is 9.84 Å². The van der Waals surface area contributed by atoms with E-state index < -0.39 is 0 Å². The molecule has 132 valence electrons. The lowest BCUT2D eigenvalue weighted by Crippen LogP contribution is -1.97. The molecule has 0 spiro atoms. The molecule has 2 nitrogen and oxygen atoms in total. The van der Waals surface area contributed by atoms with E-state index in [4.69, 9.17) is 4.74 Å². The summed E-state index contributed by atoms with van der Waals surface area (Å²) in [6, 6.07) is 15.9. The lowest BCUT2D eigenvalue weighted by molar-refractivity contribution is 0.304. The lowest BCUT2D eigenvalue weighted by atomic mass is 10.0. The van der Waals surface area contributed by atoms with Crippen LogP contribution in [0.2, 0.25) is 0 Å². The number of phenolic OH excluding ortho intramolecular Hbond substituents is 1. The topological polar surface area (TPSA) is 29.5 Å². The Balaban J connectivity index is 1.58. The van der Waals surface area contributed by atoms with Crippen LogP contribution in [-0.4, -0.2) is 11.7 Å². The number of hydrogen-bond donors (Lipinski definition) is 1. The summed E-state index contributed by atoms with van der Waals surface area (Å²) in [7, 11) is 0. The molecule has 2 heteroatoms. The molecule has 25 heavy (non-hydrogen) atoms. The second kappa shape index (κ2) is 8.75. The zero-order valence-electron chi connectivity index (χ0n) is 15.1. The summed E-state index contributed by atoms with van der Waals surface area (Å²) in [6.07, 6.45) is 9.07. The fourth-order valence-electron chi connectivity index (χ4n) is 3.40. The minimum Gasteiger partial charge on any atom is -0.507 e. The standard InChI is InChI=1S/C23H28O2/c1-2-3-4-5-6-7-8-16-25-19-13-15-20-18(17-19)12-14-22-21(20)10-9-11-23(22)24/h9-15,17,24H,2-8,16H2,1H3. The SMILES string of the molecule is CCCCCCCCCOc1ccc2c(ccc3c(O)cccc32)c1. The molecule has 0 aliphatic rings. The molecule has 0 radical (unpaired) electrons. The van der Waals surface area contributed by atoms with E-state index in [1.165, 1.54) is 38.5 Å². The molecule has 0 unspecified atom stereocenters. The maximum atomic E-state index is 10.00. The number of phenols is 1. The first kappa shape index (κ1) is 17.6. The molecule has 3 aromatic rings. The van der Waals surface area contributed by atoms with Gasteiger partial charge in [0.05, 0.1) is 6.61 Å². The number of fused-ring (bicyclic) bond motifs is 3. The molecule has 3 aromatic carbocycles. The van der Waals surface area contributed by atoms with Crippen molar-refractivity contribution >= 4 is 21.5 Å². The van der Waals surface area contributed by atoms with Gasteiger partial charge in [0.25, 0.3) is 0 Å². The maximum absolute atomic E-state index is 10.00. The van der Waals surface area contributed by atoms with Crippen molar-refractivity contribution in [2.75, 3.05) is 6.61 Å². The molecule has 0 fully saturated rings. The number of unbranched alkanes of at least 4 members (excludes halogenated alkanes) is 6. The minimum absolute atomic E-state index is 0.332. The van der Waals surface area contributed by atoms with Crippen LogP contribution in [0.5, 0.6) is 11.5 Å². The average Bonchev–Trinajstić information content (AvgIpc) is 2.64. The predicted octanol–water partition coefficient (Wildman–Crippen LogP) is 6.83. The Hall–Kier alpha value is -2.22. The van der Waals surface area contributed by atoms with Crippen LogP contribution in [0.3, 0.4) is 0 Å². The molecule has 0 aromatic heterocycles. The van der Waals surface area contributed by atoms with Crippen molar-refractivity contribution in [3.05, 3.63) is 48.5 Å². The first-order valence-corrected chi connectivity index (χ1v) is 9.57. The highest BCUT2D eigenvalue weighted by atomic mass is 16.5. The highest BCUT2D eigenvalue weighted by Crippen LogP contribution is 2.32. The van der Waals surface area contributed by atoms with Crippen LogP contribution in [-0.2, 0) is 0 Å². The van der Waals surface area contributed by atoms with Crippen molar-refractivity contribution in [2.24, 2.45) is 0 Å². The molecule has 0 amide bonds. The summed E-state index contributed by atoms with van der Waals surface area (Å²) in [5.41, 5.74) is 0. The first-order valence-electron chi connectivity index (χ1n) is 9.57. The Labute approximate surface area is 150 Å². The van der Waals surface area contributed by atoms with Crippen molar-refractivity contribution in [1.82, 2.24) is 0 Å². The van der Waals surface area contributed by atoms with Gasteiger partial charge < -0.3 is 9.84 Å². The van der Waals surface area contributed by atoms with Gasteiger partial charge in [0.15, 0.2) is 0 Å². The van der Waals surface area contributed by atoms with Gasteiger partial charge in [0.2, 0.25) is 0 Å². The molecule has 0 saturated carbocycles. The number of ether oxygens (including phenoxy) is 1. The number of aromatic hydroxyl groups is 1. The normalized spacial score (nSPS) is 11.2. The summed E-state index contributed by atoms with van der Waals surface area (Å²) in [6.45, 7) is 3.04. The van der Waals surface area contributed by atoms with Gasteiger partial charge >= 0.3 is 0 Å². The molecule has 0 aliphatic carbocycles. The molecule has 0 saturated heterocycles. The Morgan fingerprint density at radius 3 is 2.36 bits per heavy atom. The molecule has 1 N–H and O–H groups in total. The Morgan fingerprint density at radius 1 is 0.760 bits per heavy atom. The van der Waals surface area contributed by atoms with Crippen LogP contribution in [0, 0.1) is 0 Å². The summed E-state index contributed by atoms with van der Waals surface area (Å²) in [5, 5.41) is 14.3.